The van der Waals surface area contributed by atoms with Gasteiger partial charge in [-0.25, -0.2) is 0 Å². The van der Waals surface area contributed by atoms with Gasteiger partial charge in [-0.3, -0.25) is 0 Å². The summed E-state index contributed by atoms with van der Waals surface area (Å²) in [5.74, 6) is 2.60. The van der Waals surface area contributed by atoms with E-state index in [1.165, 1.54) is 0 Å². The van der Waals surface area contributed by atoms with Crippen LogP contribution >= 0.6 is 27.5 Å². The molecule has 0 saturated carbocycles. The van der Waals surface area contributed by atoms with Gasteiger partial charge in [-0.15, -0.1) is 12.3 Å². The highest BCUT2D eigenvalue weighted by atomic mass is 79.9. The molecule has 3 heteroatoms. The van der Waals surface area contributed by atoms with Crippen LogP contribution in [0.3, 0.4) is 0 Å². The van der Waals surface area contributed by atoms with Gasteiger partial charge in [0.2, 0.25) is 0 Å². The van der Waals surface area contributed by atoms with Gasteiger partial charge in [-0.05, 0) is 40.5 Å². The molecular formula is C11H11BrClN. The van der Waals surface area contributed by atoms with Gasteiger partial charge in [0.15, 0.2) is 0 Å². The van der Waals surface area contributed by atoms with Crippen molar-refractivity contribution >= 4 is 33.2 Å². The summed E-state index contributed by atoms with van der Waals surface area (Å²) in [4.78, 5) is 0. The molecule has 0 aromatic heterocycles. The second-order valence-electron chi connectivity index (χ2n) is 2.86. The molecule has 1 N–H and O–H groups in total. The number of anilines is 1. The summed E-state index contributed by atoms with van der Waals surface area (Å²) < 4.78 is 0.904. The summed E-state index contributed by atoms with van der Waals surface area (Å²) in [6.45, 7) is 0.887. The van der Waals surface area contributed by atoms with Crippen LogP contribution in [0.5, 0.6) is 0 Å². The third kappa shape index (κ3) is 3.61. The van der Waals surface area contributed by atoms with E-state index in [4.69, 9.17) is 18.0 Å². The van der Waals surface area contributed by atoms with Crippen molar-refractivity contribution in [2.45, 2.75) is 12.8 Å². The second kappa shape index (κ2) is 5.95. The third-order valence-electron chi connectivity index (χ3n) is 1.75. The second-order valence-corrected chi connectivity index (χ2v) is 4.12. The van der Waals surface area contributed by atoms with Crippen molar-refractivity contribution in [3.63, 3.8) is 0 Å². The highest BCUT2D eigenvalue weighted by Gasteiger charge is 1.97. The van der Waals surface area contributed by atoms with Gasteiger partial charge in [0.05, 0.1) is 5.02 Å². The maximum Gasteiger partial charge on any atom is 0.0549 e. The number of hydrogen-bond acceptors (Lipinski definition) is 1. The average molecular weight is 273 g/mol. The minimum absolute atomic E-state index is 0.721. The molecule has 0 fully saturated rings. The lowest BCUT2D eigenvalue weighted by atomic mass is 10.3. The number of hydrogen-bond donors (Lipinski definition) is 1. The first-order valence-corrected chi connectivity index (χ1v) is 5.53. The van der Waals surface area contributed by atoms with E-state index >= 15 is 0 Å². The van der Waals surface area contributed by atoms with Crippen molar-refractivity contribution in [1.82, 2.24) is 0 Å². The molecule has 74 valence electrons. The van der Waals surface area contributed by atoms with E-state index in [0.717, 1.165) is 34.6 Å². The molecule has 1 nitrogen and oxygen atoms in total. The minimum Gasteiger partial charge on any atom is -0.385 e. The molecule has 0 amide bonds. The van der Waals surface area contributed by atoms with E-state index in [1.54, 1.807) is 0 Å². The maximum atomic E-state index is 5.86. The van der Waals surface area contributed by atoms with Crippen LogP contribution in [0.25, 0.3) is 0 Å². The summed E-state index contributed by atoms with van der Waals surface area (Å²) in [6.07, 6.45) is 6.94. The van der Waals surface area contributed by atoms with E-state index in [9.17, 15) is 0 Å². The Kier molecular flexibility index (Phi) is 4.86. The summed E-state index contributed by atoms with van der Waals surface area (Å²) in [5.41, 5.74) is 1.05. The van der Waals surface area contributed by atoms with Crippen molar-refractivity contribution in [3.8, 4) is 12.3 Å². The van der Waals surface area contributed by atoms with Gasteiger partial charge in [0.1, 0.15) is 0 Å². The van der Waals surface area contributed by atoms with Crippen LogP contribution in [0.2, 0.25) is 5.02 Å². The fourth-order valence-electron chi connectivity index (χ4n) is 1.03. The number of rotatable bonds is 4. The molecule has 0 spiro atoms. The lowest BCUT2D eigenvalue weighted by molar-refractivity contribution is 0.907. The molecule has 0 aliphatic heterocycles. The SMILES string of the molecule is C#CCCCNc1ccc(Cl)c(Br)c1. The average Bonchev–Trinajstić information content (AvgIpc) is 2.18. The number of nitrogens with one attached hydrogen (secondary N) is 1. The van der Waals surface area contributed by atoms with Crippen molar-refractivity contribution in [1.29, 1.82) is 0 Å². The van der Waals surface area contributed by atoms with E-state index in [1.807, 2.05) is 18.2 Å². The first kappa shape index (κ1) is 11.4. The van der Waals surface area contributed by atoms with Crippen molar-refractivity contribution in [2.24, 2.45) is 0 Å². The Morgan fingerprint density at radius 1 is 1.50 bits per heavy atom. The molecule has 0 heterocycles. The standard InChI is InChI=1S/C11H11BrClN/c1-2-3-4-7-14-9-5-6-11(13)10(12)8-9/h1,5-6,8,14H,3-4,7H2. The Morgan fingerprint density at radius 3 is 2.93 bits per heavy atom. The summed E-state index contributed by atoms with van der Waals surface area (Å²) in [5, 5.41) is 3.98. The molecule has 0 aliphatic carbocycles. The highest BCUT2D eigenvalue weighted by Crippen LogP contribution is 2.25. The summed E-state index contributed by atoms with van der Waals surface area (Å²) in [6, 6.07) is 5.76. The third-order valence-corrected chi connectivity index (χ3v) is 2.96. The first-order chi connectivity index (χ1) is 6.74. The molecule has 0 atom stereocenters. The number of benzene rings is 1. The van der Waals surface area contributed by atoms with Crippen LogP contribution in [0, 0.1) is 12.3 Å². The van der Waals surface area contributed by atoms with Crippen LogP contribution < -0.4 is 5.32 Å². The van der Waals surface area contributed by atoms with Crippen molar-refractivity contribution < 1.29 is 0 Å². The Balaban J connectivity index is 2.44. The van der Waals surface area contributed by atoms with Gasteiger partial charge in [-0.1, -0.05) is 11.6 Å². The molecule has 14 heavy (non-hydrogen) atoms. The molecule has 0 radical (unpaired) electrons. The molecule has 1 aromatic carbocycles. The first-order valence-electron chi connectivity index (χ1n) is 4.36. The smallest absolute Gasteiger partial charge is 0.0549 e. The Bertz CT molecular complexity index is 344. The van der Waals surface area contributed by atoms with Crippen molar-refractivity contribution in [2.75, 3.05) is 11.9 Å². The normalized spacial score (nSPS) is 9.50. The van der Waals surface area contributed by atoms with Gasteiger partial charge in [-0.2, -0.15) is 0 Å². The lowest BCUT2D eigenvalue weighted by Crippen LogP contribution is -2.00. The predicted octanol–water partition coefficient (Wildman–Crippen LogP) is 3.93. The van der Waals surface area contributed by atoms with Crippen molar-refractivity contribution in [3.05, 3.63) is 27.7 Å². The molecule has 0 bridgehead atoms. The predicted molar refractivity (Wildman–Crippen MR) is 65.7 cm³/mol. The molecular weight excluding hydrogens is 261 g/mol. The molecule has 0 unspecified atom stereocenters. The quantitative estimate of drug-likeness (QED) is 0.647. The fourth-order valence-corrected chi connectivity index (χ4v) is 1.53. The number of halogens is 2. The Labute approximate surface area is 98.0 Å². The number of terminal acetylenes is 1. The highest BCUT2D eigenvalue weighted by molar-refractivity contribution is 9.10. The lowest BCUT2D eigenvalue weighted by Gasteiger charge is -2.05. The zero-order chi connectivity index (χ0) is 10.4. The zero-order valence-corrected chi connectivity index (χ0v) is 10.0. The van der Waals surface area contributed by atoms with E-state index in [2.05, 4.69) is 27.2 Å². The zero-order valence-electron chi connectivity index (χ0n) is 7.69. The van der Waals surface area contributed by atoms with E-state index < -0.39 is 0 Å². The molecule has 1 aromatic rings. The molecule has 1 rings (SSSR count). The molecule has 0 saturated heterocycles. The van der Waals surface area contributed by atoms with Crippen LogP contribution in [0.15, 0.2) is 22.7 Å². The van der Waals surface area contributed by atoms with Gasteiger partial charge < -0.3 is 5.32 Å². The summed E-state index contributed by atoms with van der Waals surface area (Å²) in [7, 11) is 0. The topological polar surface area (TPSA) is 12.0 Å². The van der Waals surface area contributed by atoms with Gasteiger partial charge in [0.25, 0.3) is 0 Å². The Morgan fingerprint density at radius 2 is 2.29 bits per heavy atom. The maximum absolute atomic E-state index is 5.86. The van der Waals surface area contributed by atoms with Gasteiger partial charge >= 0.3 is 0 Å². The fraction of sp³-hybridized carbons (Fsp3) is 0.273. The van der Waals surface area contributed by atoms with E-state index in [-0.39, 0.29) is 0 Å². The van der Waals surface area contributed by atoms with E-state index in [0.29, 0.717) is 0 Å². The minimum atomic E-state index is 0.721. The number of unbranched alkanes of at least 4 members (excludes halogenated alkanes) is 1. The Hall–Kier alpha value is -0.650. The van der Waals surface area contributed by atoms with Gasteiger partial charge in [0, 0.05) is 23.1 Å². The van der Waals surface area contributed by atoms with Crippen LogP contribution in [0.1, 0.15) is 12.8 Å². The van der Waals surface area contributed by atoms with Crippen LogP contribution in [-0.2, 0) is 0 Å². The monoisotopic (exact) mass is 271 g/mol. The largest absolute Gasteiger partial charge is 0.385 e. The van der Waals surface area contributed by atoms with Crippen LogP contribution in [0.4, 0.5) is 5.69 Å². The summed E-state index contributed by atoms with van der Waals surface area (Å²) >= 11 is 9.23. The molecule has 0 aliphatic rings. The van der Waals surface area contributed by atoms with Crippen LogP contribution in [-0.4, -0.2) is 6.54 Å².